The molecule has 0 atom stereocenters. The van der Waals surface area contributed by atoms with E-state index >= 15 is 0 Å². The van der Waals surface area contributed by atoms with Crippen LogP contribution < -0.4 is 0 Å². The molecule has 0 aliphatic heterocycles. The van der Waals surface area contributed by atoms with Crippen LogP contribution in [0.2, 0.25) is 0 Å². The molecule has 0 fully saturated rings. The summed E-state index contributed by atoms with van der Waals surface area (Å²) in [6.45, 7) is 0. The Morgan fingerprint density at radius 2 is 2.21 bits per heavy atom. The number of rotatable bonds is 1. The molecule has 0 aliphatic carbocycles. The molecule has 2 rings (SSSR count). The van der Waals surface area contributed by atoms with E-state index in [4.69, 9.17) is 9.78 Å². The molecule has 0 spiro atoms. The highest BCUT2D eigenvalue weighted by Crippen LogP contribution is 2.23. The number of hydrogen-bond donors (Lipinski definition) is 0. The molecule has 0 N–H and O–H groups in total. The Kier molecular flexibility index (Phi) is 2.33. The molecule has 1 heterocycles. The van der Waals surface area contributed by atoms with Gasteiger partial charge in [-0.3, -0.25) is 0 Å². The highest BCUT2D eigenvalue weighted by molar-refractivity contribution is 9.10. The van der Waals surface area contributed by atoms with Crippen LogP contribution in [0.3, 0.4) is 0 Å². The van der Waals surface area contributed by atoms with Crippen molar-refractivity contribution < 1.29 is 4.52 Å². The minimum absolute atomic E-state index is 0.292. The molecule has 0 bridgehead atoms. The smallest absolute Gasteiger partial charge is 0.184 e. The largest absolute Gasteiger partial charge is 0.355 e. The Morgan fingerprint density at radius 1 is 1.36 bits per heavy atom. The molecule has 1 aromatic carbocycles. The predicted molar refractivity (Wildman–Crippen MR) is 54.4 cm³/mol. The highest BCUT2D eigenvalue weighted by atomic mass is 79.9. The summed E-state index contributed by atoms with van der Waals surface area (Å²) < 4.78 is 5.97. The zero-order valence-corrected chi connectivity index (χ0v) is 8.65. The number of benzene rings is 1. The summed E-state index contributed by atoms with van der Waals surface area (Å²) in [5, 5.41) is 12.2. The summed E-state index contributed by atoms with van der Waals surface area (Å²) in [5.41, 5.74) is 1.19. The zero-order valence-electron chi connectivity index (χ0n) is 7.07. The van der Waals surface area contributed by atoms with E-state index in [9.17, 15) is 0 Å². The normalized spacial score (nSPS) is 9.71. The summed E-state index contributed by atoms with van der Waals surface area (Å²) in [6.07, 6.45) is 0. The molecule has 0 radical (unpaired) electrons. The first-order chi connectivity index (χ1) is 6.79. The van der Waals surface area contributed by atoms with Crippen LogP contribution in [0.15, 0.2) is 39.3 Å². The number of nitrogens with zero attached hydrogens (tertiary/aromatic N) is 2. The molecule has 0 saturated carbocycles. The lowest BCUT2D eigenvalue weighted by molar-refractivity contribution is 0.430. The molecular formula is C10H5BrN2O. The van der Waals surface area contributed by atoms with Gasteiger partial charge in [-0.1, -0.05) is 33.2 Å². The average Bonchev–Trinajstić information content (AvgIpc) is 2.66. The van der Waals surface area contributed by atoms with E-state index in [-0.39, 0.29) is 0 Å². The number of halogens is 1. The third-order valence-corrected chi connectivity index (χ3v) is 2.23. The first-order valence-electron chi connectivity index (χ1n) is 3.92. The zero-order chi connectivity index (χ0) is 9.97. The van der Waals surface area contributed by atoms with Crippen molar-refractivity contribution in [2.24, 2.45) is 0 Å². The van der Waals surface area contributed by atoms with Crippen molar-refractivity contribution in [1.29, 1.82) is 5.26 Å². The second kappa shape index (κ2) is 3.64. The molecule has 14 heavy (non-hydrogen) atoms. The van der Waals surface area contributed by atoms with E-state index < -0.39 is 0 Å². The molecule has 4 heteroatoms. The lowest BCUT2D eigenvalue weighted by atomic mass is 10.2. The van der Waals surface area contributed by atoms with E-state index in [0.29, 0.717) is 11.5 Å². The van der Waals surface area contributed by atoms with Gasteiger partial charge in [0.05, 0.1) is 0 Å². The summed E-state index contributed by atoms with van der Waals surface area (Å²) in [5.74, 6) is 0.600. The Hall–Kier alpha value is -1.60. The van der Waals surface area contributed by atoms with Crippen LogP contribution in [0.4, 0.5) is 0 Å². The Bertz CT molecular complexity index is 499. The highest BCUT2D eigenvalue weighted by Gasteiger charge is 2.05. The van der Waals surface area contributed by atoms with Gasteiger partial charge in [-0.15, -0.1) is 0 Å². The maximum atomic E-state index is 8.57. The van der Waals surface area contributed by atoms with Crippen LogP contribution in [-0.4, -0.2) is 5.16 Å². The van der Waals surface area contributed by atoms with Gasteiger partial charge < -0.3 is 4.52 Å². The van der Waals surface area contributed by atoms with E-state index in [1.807, 2.05) is 30.3 Å². The number of nitriles is 1. The van der Waals surface area contributed by atoms with Crippen LogP contribution in [-0.2, 0) is 0 Å². The fourth-order valence-corrected chi connectivity index (χ4v) is 1.50. The molecule has 3 nitrogen and oxygen atoms in total. The average molecular weight is 249 g/mol. The third-order valence-electron chi connectivity index (χ3n) is 1.73. The van der Waals surface area contributed by atoms with Gasteiger partial charge in [0, 0.05) is 16.1 Å². The van der Waals surface area contributed by atoms with E-state index in [1.165, 1.54) is 0 Å². The van der Waals surface area contributed by atoms with E-state index in [2.05, 4.69) is 21.1 Å². The SMILES string of the molecule is N#Cc1cc(-c2cccc(Br)c2)on1. The quantitative estimate of drug-likeness (QED) is 0.780. The van der Waals surface area contributed by atoms with Gasteiger partial charge in [0.2, 0.25) is 0 Å². The monoisotopic (exact) mass is 248 g/mol. The Labute approximate surface area is 89.1 Å². The van der Waals surface area contributed by atoms with Gasteiger partial charge >= 0.3 is 0 Å². The summed E-state index contributed by atoms with van der Waals surface area (Å²) >= 11 is 3.36. The number of aromatic nitrogens is 1. The van der Waals surface area contributed by atoms with Crippen LogP contribution >= 0.6 is 15.9 Å². The van der Waals surface area contributed by atoms with Crippen molar-refractivity contribution >= 4 is 15.9 Å². The van der Waals surface area contributed by atoms with Crippen molar-refractivity contribution in [3.05, 3.63) is 40.5 Å². The molecule has 68 valence electrons. The standard InChI is InChI=1S/C10H5BrN2O/c11-8-3-1-2-7(4-8)10-5-9(6-12)13-14-10/h1-5H. The summed E-state index contributed by atoms with van der Waals surface area (Å²) in [4.78, 5) is 0. The lowest BCUT2D eigenvalue weighted by Crippen LogP contribution is -1.72. The molecule has 0 amide bonds. The topological polar surface area (TPSA) is 49.8 Å². The van der Waals surface area contributed by atoms with Gasteiger partial charge in [-0.05, 0) is 12.1 Å². The first-order valence-corrected chi connectivity index (χ1v) is 4.71. The summed E-state index contributed by atoms with van der Waals surface area (Å²) in [7, 11) is 0. The predicted octanol–water partition coefficient (Wildman–Crippen LogP) is 2.98. The molecule has 1 aromatic heterocycles. The maximum Gasteiger partial charge on any atom is 0.184 e. The van der Waals surface area contributed by atoms with Crippen LogP contribution in [0.5, 0.6) is 0 Å². The fourth-order valence-electron chi connectivity index (χ4n) is 1.11. The van der Waals surface area contributed by atoms with Gasteiger partial charge in [-0.25, -0.2) is 0 Å². The molecule has 0 aliphatic rings. The minimum atomic E-state index is 0.292. The van der Waals surface area contributed by atoms with Crippen molar-refractivity contribution in [1.82, 2.24) is 5.16 Å². The molecule has 2 aromatic rings. The first kappa shape index (κ1) is 8.97. The Morgan fingerprint density at radius 3 is 2.86 bits per heavy atom. The van der Waals surface area contributed by atoms with E-state index in [1.54, 1.807) is 6.07 Å². The van der Waals surface area contributed by atoms with Crippen LogP contribution in [0.25, 0.3) is 11.3 Å². The minimum Gasteiger partial charge on any atom is -0.355 e. The fraction of sp³-hybridized carbons (Fsp3) is 0. The second-order valence-corrected chi connectivity index (χ2v) is 3.61. The van der Waals surface area contributed by atoms with Crippen LogP contribution in [0, 0.1) is 11.3 Å². The van der Waals surface area contributed by atoms with Crippen molar-refractivity contribution in [3.8, 4) is 17.4 Å². The van der Waals surface area contributed by atoms with Gasteiger partial charge in [0.1, 0.15) is 6.07 Å². The third kappa shape index (κ3) is 1.68. The molecule has 0 unspecified atom stereocenters. The van der Waals surface area contributed by atoms with E-state index in [0.717, 1.165) is 10.0 Å². The van der Waals surface area contributed by atoms with Crippen molar-refractivity contribution in [2.45, 2.75) is 0 Å². The summed E-state index contributed by atoms with van der Waals surface area (Å²) in [6, 6.07) is 11.1. The van der Waals surface area contributed by atoms with Crippen LogP contribution in [0.1, 0.15) is 5.69 Å². The molecular weight excluding hydrogens is 244 g/mol. The maximum absolute atomic E-state index is 8.57. The van der Waals surface area contributed by atoms with Gasteiger partial charge in [-0.2, -0.15) is 5.26 Å². The van der Waals surface area contributed by atoms with Gasteiger partial charge in [0.25, 0.3) is 0 Å². The second-order valence-electron chi connectivity index (χ2n) is 2.70. The van der Waals surface area contributed by atoms with Gasteiger partial charge in [0.15, 0.2) is 11.5 Å². The van der Waals surface area contributed by atoms with Crippen molar-refractivity contribution in [3.63, 3.8) is 0 Å². The van der Waals surface area contributed by atoms with Crippen molar-refractivity contribution in [2.75, 3.05) is 0 Å². The lowest BCUT2D eigenvalue weighted by Gasteiger charge is -1.94. The Balaban J connectivity index is 2.45. The molecule has 0 saturated heterocycles. The number of hydrogen-bond acceptors (Lipinski definition) is 3.